The number of nitrogens with zero attached hydrogens (tertiary/aromatic N) is 5. The van der Waals surface area contributed by atoms with Crippen LogP contribution >= 0.6 is 0 Å². The van der Waals surface area contributed by atoms with Crippen LogP contribution in [0.5, 0.6) is 0 Å². The Hall–Kier alpha value is -5.75. The minimum Gasteiger partial charge on any atom is -0.501 e. The van der Waals surface area contributed by atoms with Crippen molar-refractivity contribution in [3.05, 3.63) is 164 Å². The Morgan fingerprint density at radius 3 is 2.26 bits per heavy atom. The molecule has 0 fully saturated rings. The quantitative estimate of drug-likeness (QED) is 0.167. The Morgan fingerprint density at radius 1 is 0.660 bits per heavy atom. The predicted octanol–water partition coefficient (Wildman–Crippen LogP) is 9.40. The van der Waals surface area contributed by atoms with Crippen LogP contribution in [0.1, 0.15) is 0 Å². The fourth-order valence-corrected chi connectivity index (χ4v) is 5.61. The zero-order chi connectivity index (χ0) is 30.7. The van der Waals surface area contributed by atoms with Crippen molar-refractivity contribution in [1.82, 2.24) is 24.5 Å². The summed E-state index contributed by atoms with van der Waals surface area (Å²) in [7, 11) is 0. The second-order valence-corrected chi connectivity index (χ2v) is 10.6. The van der Waals surface area contributed by atoms with Gasteiger partial charge in [-0.05, 0) is 41.1 Å². The van der Waals surface area contributed by atoms with Gasteiger partial charge in [0.2, 0.25) is 0 Å². The van der Waals surface area contributed by atoms with E-state index in [1.54, 1.807) is 18.7 Å². The predicted molar refractivity (Wildman–Crippen MR) is 182 cm³/mol. The average molecular weight is 784 g/mol. The Bertz CT molecular complexity index is 2370. The fraction of sp³-hybridized carbons (Fsp3) is 0. The summed E-state index contributed by atoms with van der Waals surface area (Å²) in [6, 6.07) is 50.9. The second kappa shape index (κ2) is 13.3. The van der Waals surface area contributed by atoms with Gasteiger partial charge in [-0.25, -0.2) is 9.97 Å². The van der Waals surface area contributed by atoms with Gasteiger partial charge in [-0.1, -0.05) is 83.7 Å². The molecule has 0 amide bonds. The van der Waals surface area contributed by atoms with E-state index in [9.17, 15) is 0 Å². The molecule has 9 aromatic rings. The fourth-order valence-electron chi connectivity index (χ4n) is 5.61. The Labute approximate surface area is 284 Å². The largest absolute Gasteiger partial charge is 0.501 e. The van der Waals surface area contributed by atoms with Crippen LogP contribution in [0.25, 0.3) is 72.6 Å². The monoisotopic (exact) mass is 784 g/mol. The molecule has 0 N–H and O–H groups in total. The van der Waals surface area contributed by atoms with Crippen LogP contribution in [0, 0.1) is 12.1 Å². The molecular formula is C40H25IrN5O-2. The van der Waals surface area contributed by atoms with Crippen LogP contribution in [0.4, 0.5) is 0 Å². The van der Waals surface area contributed by atoms with Crippen molar-refractivity contribution in [3.63, 3.8) is 0 Å². The van der Waals surface area contributed by atoms with Gasteiger partial charge < -0.3 is 14.0 Å². The van der Waals surface area contributed by atoms with E-state index in [0.717, 1.165) is 67.0 Å². The third-order valence-corrected chi connectivity index (χ3v) is 7.75. The van der Waals surface area contributed by atoms with Gasteiger partial charge in [-0.15, -0.1) is 54.1 Å². The molecule has 227 valence electrons. The number of furan rings is 1. The maximum absolute atomic E-state index is 6.47. The minimum absolute atomic E-state index is 0. The molecule has 1 radical (unpaired) electrons. The van der Waals surface area contributed by atoms with E-state index in [2.05, 4.69) is 57.4 Å². The van der Waals surface area contributed by atoms with Gasteiger partial charge in [-0.3, -0.25) is 4.98 Å². The van der Waals surface area contributed by atoms with Crippen molar-refractivity contribution in [3.8, 4) is 39.5 Å². The summed E-state index contributed by atoms with van der Waals surface area (Å²) in [5.74, 6) is 0.717. The summed E-state index contributed by atoms with van der Waals surface area (Å²) in [5.41, 5.74) is 9.07. The molecule has 0 unspecified atom stereocenters. The van der Waals surface area contributed by atoms with Crippen LogP contribution < -0.4 is 0 Å². The number of pyridine rings is 1. The minimum atomic E-state index is 0. The molecule has 47 heavy (non-hydrogen) atoms. The Morgan fingerprint density at radius 2 is 1.47 bits per heavy atom. The van der Waals surface area contributed by atoms with Crippen LogP contribution in [0.3, 0.4) is 0 Å². The second-order valence-electron chi connectivity index (χ2n) is 10.6. The number of para-hydroxylation sites is 1. The molecule has 6 nitrogen and oxygen atoms in total. The molecule has 0 atom stereocenters. The van der Waals surface area contributed by atoms with Crippen molar-refractivity contribution in [2.75, 3.05) is 0 Å². The van der Waals surface area contributed by atoms with Crippen molar-refractivity contribution >= 4 is 33.1 Å². The standard InChI is InChI=1S/C29H17N4O.C11H8N.Ir/c1-3-8-19(9-4-1)20-14-15-22-23-12-7-13-24(27(23)34-26(22)16-20)28-32-25-17-30-18-31-29(25)33(28)21-10-5-2-6-11-21;1-2-6-10(7-3-1)11-8-4-5-9-12-11;/h1-12,14-18H;1-6,8-9H;/q2*-1;. The van der Waals surface area contributed by atoms with Gasteiger partial charge in [0, 0.05) is 37.4 Å². The molecule has 4 heterocycles. The average Bonchev–Trinajstić information content (AvgIpc) is 3.72. The molecule has 0 saturated carbocycles. The van der Waals surface area contributed by atoms with E-state index in [4.69, 9.17) is 9.40 Å². The molecule has 0 spiro atoms. The number of rotatable bonds is 4. The zero-order valence-corrected chi connectivity index (χ0v) is 27.3. The molecule has 9 rings (SSSR count). The van der Waals surface area contributed by atoms with E-state index in [-0.39, 0.29) is 20.1 Å². The van der Waals surface area contributed by atoms with Crippen molar-refractivity contribution < 1.29 is 24.5 Å². The van der Waals surface area contributed by atoms with Gasteiger partial charge in [0.1, 0.15) is 17.4 Å². The van der Waals surface area contributed by atoms with E-state index in [1.807, 2.05) is 108 Å². The summed E-state index contributed by atoms with van der Waals surface area (Å²) >= 11 is 0. The van der Waals surface area contributed by atoms with Crippen LogP contribution in [0.15, 0.2) is 157 Å². The molecular weight excluding hydrogens is 759 g/mol. The smallest absolute Gasteiger partial charge is 0.158 e. The summed E-state index contributed by atoms with van der Waals surface area (Å²) in [4.78, 5) is 17.8. The van der Waals surface area contributed by atoms with Crippen LogP contribution in [-0.4, -0.2) is 24.5 Å². The van der Waals surface area contributed by atoms with E-state index in [1.165, 1.54) is 0 Å². The van der Waals surface area contributed by atoms with Gasteiger partial charge in [-0.2, -0.15) is 0 Å². The molecule has 0 saturated heterocycles. The number of hydrogen-bond acceptors (Lipinski definition) is 5. The maximum atomic E-state index is 6.47. The van der Waals surface area contributed by atoms with E-state index >= 15 is 0 Å². The summed E-state index contributed by atoms with van der Waals surface area (Å²) in [6.45, 7) is 0. The third-order valence-electron chi connectivity index (χ3n) is 7.75. The van der Waals surface area contributed by atoms with E-state index < -0.39 is 0 Å². The molecule has 0 aliphatic rings. The summed E-state index contributed by atoms with van der Waals surface area (Å²) in [6.07, 6.45) is 5.07. The van der Waals surface area contributed by atoms with Crippen molar-refractivity contribution in [2.24, 2.45) is 0 Å². The Balaban J connectivity index is 0.000000228. The summed E-state index contributed by atoms with van der Waals surface area (Å²) in [5, 5.41) is 2.09. The topological polar surface area (TPSA) is 69.6 Å². The number of aromatic nitrogens is 5. The Kier molecular flexibility index (Phi) is 8.48. The number of fused-ring (bicyclic) bond motifs is 4. The molecule has 0 aliphatic heterocycles. The molecule has 0 aliphatic carbocycles. The van der Waals surface area contributed by atoms with Gasteiger partial charge in [0.05, 0.1) is 17.6 Å². The van der Waals surface area contributed by atoms with Crippen molar-refractivity contribution in [2.45, 2.75) is 0 Å². The van der Waals surface area contributed by atoms with Crippen LogP contribution in [0.2, 0.25) is 0 Å². The van der Waals surface area contributed by atoms with Crippen LogP contribution in [-0.2, 0) is 20.1 Å². The van der Waals surface area contributed by atoms with Gasteiger partial charge in [0.25, 0.3) is 0 Å². The first-order valence-corrected chi connectivity index (χ1v) is 14.9. The zero-order valence-electron chi connectivity index (χ0n) is 24.9. The number of benzene rings is 5. The summed E-state index contributed by atoms with van der Waals surface area (Å²) < 4.78 is 8.50. The third kappa shape index (κ3) is 5.86. The molecule has 7 heteroatoms. The first kappa shape index (κ1) is 29.9. The first-order chi connectivity index (χ1) is 22.8. The van der Waals surface area contributed by atoms with E-state index in [0.29, 0.717) is 5.52 Å². The number of imidazole rings is 1. The molecule has 4 aromatic heterocycles. The molecule has 0 bridgehead atoms. The number of hydrogen-bond donors (Lipinski definition) is 0. The maximum Gasteiger partial charge on any atom is 0.158 e. The normalized spacial score (nSPS) is 10.8. The first-order valence-electron chi connectivity index (χ1n) is 14.9. The molecule has 5 aromatic carbocycles. The van der Waals surface area contributed by atoms with Gasteiger partial charge >= 0.3 is 0 Å². The van der Waals surface area contributed by atoms with Crippen molar-refractivity contribution in [1.29, 1.82) is 0 Å². The SMILES string of the molecule is [Ir].[c-]1ccc2c(oc3cc(-c4ccccc4)ccc32)c1-c1nc2cncnc2n1-c1ccccc1.[c-]1ccccc1-c1ccccn1. The van der Waals surface area contributed by atoms with Gasteiger partial charge in [0.15, 0.2) is 5.65 Å².